The molecule has 2 saturated carbocycles. The van der Waals surface area contributed by atoms with E-state index in [0.29, 0.717) is 6.04 Å². The maximum Gasteiger partial charge on any atom is 0.235 e. The van der Waals surface area contributed by atoms with Crippen molar-refractivity contribution in [2.75, 3.05) is 0 Å². The first-order valence-corrected chi connectivity index (χ1v) is 7.58. The van der Waals surface area contributed by atoms with Gasteiger partial charge in [0.15, 0.2) is 0 Å². The molecule has 0 heterocycles. The molecule has 0 unspecified atom stereocenters. The molecule has 0 bridgehead atoms. The van der Waals surface area contributed by atoms with Gasteiger partial charge in [0.2, 0.25) is 12.5 Å². The molecule has 19 heavy (non-hydrogen) atoms. The second-order valence-electron chi connectivity index (χ2n) is 6.13. The fourth-order valence-corrected chi connectivity index (χ4v) is 3.72. The zero-order valence-electron chi connectivity index (χ0n) is 11.5. The predicted octanol–water partition coefficient (Wildman–Crippen LogP) is 2.58. The quantitative estimate of drug-likeness (QED) is 0.471. The summed E-state index contributed by atoms with van der Waals surface area (Å²) in [7, 11) is 0. The number of carbonyl (C=O) groups excluding carboxylic acids is 2. The van der Waals surface area contributed by atoms with Gasteiger partial charge >= 0.3 is 0 Å². The van der Waals surface area contributed by atoms with Gasteiger partial charge in [-0.3, -0.25) is 4.79 Å². The molecule has 0 aromatic carbocycles. The van der Waals surface area contributed by atoms with Crippen molar-refractivity contribution < 1.29 is 9.59 Å². The van der Waals surface area contributed by atoms with Crippen molar-refractivity contribution in [2.45, 2.75) is 69.9 Å². The Bertz CT molecular complexity index is 323. The molecule has 0 spiro atoms. The van der Waals surface area contributed by atoms with E-state index in [1.807, 2.05) is 0 Å². The van der Waals surface area contributed by atoms with E-state index >= 15 is 0 Å². The Morgan fingerprint density at radius 2 is 1.58 bits per heavy atom. The summed E-state index contributed by atoms with van der Waals surface area (Å²) in [5, 5.41) is 2.90. The summed E-state index contributed by atoms with van der Waals surface area (Å²) in [5.74, 6) is 1.65. The van der Waals surface area contributed by atoms with Crippen LogP contribution in [0.3, 0.4) is 0 Å². The normalized spacial score (nSPS) is 35.2. The standard InChI is InChI=1S/C15H24N2O2/c18-10-16-14-5-1-12(2-6-14)9-13-3-7-15(8-4-13)17-11-19/h10,12-15H,1-9H2,(H,16,18). The number of hydrogen-bond donors (Lipinski definition) is 1. The maximum absolute atomic E-state index is 10.4. The van der Waals surface area contributed by atoms with Gasteiger partial charge in [0.25, 0.3) is 0 Å². The Hall–Kier alpha value is -1.15. The number of carbonyl (C=O) groups is 1. The Balaban J connectivity index is 1.66. The molecule has 0 radical (unpaired) electrons. The van der Waals surface area contributed by atoms with Crippen LogP contribution in [-0.2, 0) is 9.59 Å². The summed E-state index contributed by atoms with van der Waals surface area (Å²) < 4.78 is 0. The van der Waals surface area contributed by atoms with Crippen LogP contribution in [0, 0.1) is 11.8 Å². The van der Waals surface area contributed by atoms with E-state index in [0.717, 1.165) is 43.9 Å². The summed E-state index contributed by atoms with van der Waals surface area (Å²) in [6.45, 7) is 0. The highest BCUT2D eigenvalue weighted by molar-refractivity contribution is 5.46. The molecule has 1 N–H and O–H groups in total. The van der Waals surface area contributed by atoms with Crippen molar-refractivity contribution in [3.8, 4) is 0 Å². The highest BCUT2D eigenvalue weighted by atomic mass is 16.1. The number of isocyanates is 1. The average Bonchev–Trinajstić information content (AvgIpc) is 2.44. The van der Waals surface area contributed by atoms with Crippen LogP contribution in [0.1, 0.15) is 57.8 Å². The molecule has 0 aromatic heterocycles. The smallest absolute Gasteiger partial charge is 0.235 e. The highest BCUT2D eigenvalue weighted by Crippen LogP contribution is 2.35. The highest BCUT2D eigenvalue weighted by Gasteiger charge is 2.26. The minimum Gasteiger partial charge on any atom is -0.356 e. The summed E-state index contributed by atoms with van der Waals surface area (Å²) in [6.07, 6.45) is 13.1. The van der Waals surface area contributed by atoms with Gasteiger partial charge in [-0.05, 0) is 69.6 Å². The number of hydrogen-bond acceptors (Lipinski definition) is 3. The van der Waals surface area contributed by atoms with Crippen LogP contribution in [0.5, 0.6) is 0 Å². The zero-order valence-corrected chi connectivity index (χ0v) is 11.5. The number of nitrogens with one attached hydrogen (secondary N) is 1. The second kappa shape index (κ2) is 7.44. The van der Waals surface area contributed by atoms with Crippen molar-refractivity contribution in [1.82, 2.24) is 5.32 Å². The van der Waals surface area contributed by atoms with Crippen molar-refractivity contribution in [3.05, 3.63) is 0 Å². The molecule has 2 rings (SSSR count). The first-order valence-electron chi connectivity index (χ1n) is 7.58. The fraction of sp³-hybridized carbons (Fsp3) is 0.867. The summed E-state index contributed by atoms with van der Waals surface area (Å²) in [5.41, 5.74) is 0. The van der Waals surface area contributed by atoms with Crippen LogP contribution in [0.4, 0.5) is 0 Å². The van der Waals surface area contributed by atoms with Crippen LogP contribution in [0.2, 0.25) is 0 Å². The van der Waals surface area contributed by atoms with E-state index in [-0.39, 0.29) is 6.04 Å². The fourth-order valence-electron chi connectivity index (χ4n) is 3.72. The van der Waals surface area contributed by atoms with Gasteiger partial charge in [0, 0.05) is 6.04 Å². The van der Waals surface area contributed by atoms with E-state index < -0.39 is 0 Å². The Morgan fingerprint density at radius 1 is 1.00 bits per heavy atom. The Morgan fingerprint density at radius 3 is 2.11 bits per heavy atom. The molecule has 2 aliphatic rings. The third-order valence-corrected chi connectivity index (χ3v) is 4.87. The zero-order chi connectivity index (χ0) is 13.5. The van der Waals surface area contributed by atoms with Crippen LogP contribution in [0.15, 0.2) is 4.99 Å². The third-order valence-electron chi connectivity index (χ3n) is 4.87. The molecule has 0 aliphatic heterocycles. The molecular weight excluding hydrogens is 240 g/mol. The number of rotatable bonds is 5. The lowest BCUT2D eigenvalue weighted by atomic mass is 9.76. The number of amides is 1. The van der Waals surface area contributed by atoms with E-state index in [1.54, 1.807) is 6.08 Å². The molecule has 2 aliphatic carbocycles. The molecule has 2 fully saturated rings. The first kappa shape index (κ1) is 14.3. The largest absolute Gasteiger partial charge is 0.356 e. The van der Waals surface area contributed by atoms with Crippen molar-refractivity contribution in [2.24, 2.45) is 16.8 Å². The molecule has 1 amide bonds. The topological polar surface area (TPSA) is 58.5 Å². The van der Waals surface area contributed by atoms with Crippen LogP contribution >= 0.6 is 0 Å². The van der Waals surface area contributed by atoms with Crippen LogP contribution in [-0.4, -0.2) is 24.6 Å². The first-order chi connectivity index (χ1) is 9.31. The van der Waals surface area contributed by atoms with Gasteiger partial charge in [-0.1, -0.05) is 0 Å². The van der Waals surface area contributed by atoms with Gasteiger partial charge in [-0.2, -0.15) is 0 Å². The molecular formula is C15H24N2O2. The monoisotopic (exact) mass is 264 g/mol. The van der Waals surface area contributed by atoms with Crippen molar-refractivity contribution in [1.29, 1.82) is 0 Å². The Kier molecular flexibility index (Phi) is 5.59. The summed E-state index contributed by atoms with van der Waals surface area (Å²) in [6, 6.07) is 0.646. The molecule has 0 aromatic rings. The average molecular weight is 264 g/mol. The predicted molar refractivity (Wildman–Crippen MR) is 73.4 cm³/mol. The van der Waals surface area contributed by atoms with E-state index in [2.05, 4.69) is 10.3 Å². The molecule has 0 saturated heterocycles. The SMILES string of the molecule is O=C=NC1CCC(CC2CCC(NC=O)CC2)CC1. The van der Waals surface area contributed by atoms with Crippen molar-refractivity contribution in [3.63, 3.8) is 0 Å². The molecule has 106 valence electrons. The van der Waals surface area contributed by atoms with Gasteiger partial charge in [-0.25, -0.2) is 9.79 Å². The van der Waals surface area contributed by atoms with Crippen LogP contribution < -0.4 is 5.32 Å². The van der Waals surface area contributed by atoms with Crippen molar-refractivity contribution >= 4 is 12.5 Å². The van der Waals surface area contributed by atoms with Gasteiger partial charge in [0.05, 0.1) is 6.04 Å². The Labute approximate surface area is 115 Å². The summed E-state index contributed by atoms with van der Waals surface area (Å²) >= 11 is 0. The minimum atomic E-state index is 0.237. The lowest BCUT2D eigenvalue weighted by Gasteiger charge is -2.33. The van der Waals surface area contributed by atoms with Gasteiger partial charge in [-0.15, -0.1) is 0 Å². The molecule has 4 heteroatoms. The minimum absolute atomic E-state index is 0.237. The lowest BCUT2D eigenvalue weighted by Crippen LogP contribution is -2.32. The number of nitrogens with zero attached hydrogens (tertiary/aromatic N) is 1. The maximum atomic E-state index is 10.4. The second-order valence-corrected chi connectivity index (χ2v) is 6.13. The molecule has 0 atom stereocenters. The lowest BCUT2D eigenvalue weighted by molar-refractivity contribution is -0.110. The number of aliphatic imine (C=N–C) groups is 1. The van der Waals surface area contributed by atoms with Gasteiger partial charge in [0.1, 0.15) is 0 Å². The van der Waals surface area contributed by atoms with Gasteiger partial charge < -0.3 is 5.32 Å². The van der Waals surface area contributed by atoms with E-state index in [4.69, 9.17) is 0 Å². The summed E-state index contributed by atoms with van der Waals surface area (Å²) in [4.78, 5) is 24.5. The molecule has 4 nitrogen and oxygen atoms in total. The van der Waals surface area contributed by atoms with Crippen LogP contribution in [0.25, 0.3) is 0 Å². The van der Waals surface area contributed by atoms with E-state index in [9.17, 15) is 9.59 Å². The van der Waals surface area contributed by atoms with E-state index in [1.165, 1.54) is 32.1 Å². The third kappa shape index (κ3) is 4.46.